The van der Waals surface area contributed by atoms with Gasteiger partial charge in [-0.25, -0.2) is 15.0 Å². The van der Waals surface area contributed by atoms with E-state index in [4.69, 9.17) is 19.4 Å². The van der Waals surface area contributed by atoms with E-state index in [0.29, 0.717) is 17.5 Å². The summed E-state index contributed by atoms with van der Waals surface area (Å²) < 4.78 is 6.53. The van der Waals surface area contributed by atoms with E-state index in [1.807, 2.05) is 72.8 Å². The number of hydrogen-bond acceptors (Lipinski definition) is 4. The van der Waals surface area contributed by atoms with Crippen molar-refractivity contribution in [3.63, 3.8) is 0 Å². The molecule has 0 saturated heterocycles. The maximum absolute atomic E-state index is 6.53. The Morgan fingerprint density at radius 3 is 1.36 bits per heavy atom. The molecule has 0 spiro atoms. The van der Waals surface area contributed by atoms with Crippen LogP contribution in [0, 0.1) is 0 Å². The van der Waals surface area contributed by atoms with Crippen LogP contribution in [0.5, 0.6) is 0 Å². The lowest BCUT2D eigenvalue weighted by Gasteiger charge is -2.12. The second-order valence-corrected chi connectivity index (χ2v) is 14.0. The van der Waals surface area contributed by atoms with E-state index in [1.54, 1.807) is 0 Å². The fourth-order valence-corrected chi connectivity index (χ4v) is 8.07. The van der Waals surface area contributed by atoms with Crippen LogP contribution in [0.1, 0.15) is 0 Å². The Hall–Kier alpha value is -7.43. The van der Waals surface area contributed by atoms with Crippen LogP contribution in [0.4, 0.5) is 0 Å². The van der Waals surface area contributed by atoms with Crippen LogP contribution < -0.4 is 0 Å². The molecule has 0 atom stereocenters. The summed E-state index contributed by atoms with van der Waals surface area (Å²) in [6.45, 7) is 0. The Morgan fingerprint density at radius 2 is 0.745 bits per heavy atom. The van der Waals surface area contributed by atoms with Crippen molar-refractivity contribution in [2.24, 2.45) is 0 Å². The van der Waals surface area contributed by atoms with Crippen LogP contribution in [0.25, 0.3) is 111 Å². The van der Waals surface area contributed by atoms with Crippen molar-refractivity contribution in [2.45, 2.75) is 0 Å². The SMILES string of the molecule is c1ccc(-c2nc(-c3ccccc3)nc(-c3ccc4c(c3)oc3cccc(-c5ccc(-c6ccc7c8ccccc8c8ccccc8c7c6)cc5)c34)n2)cc1. The molecule has 0 aliphatic carbocycles. The summed E-state index contributed by atoms with van der Waals surface area (Å²) in [4.78, 5) is 14.7. The minimum absolute atomic E-state index is 0.598. The predicted octanol–water partition coefficient (Wildman–Crippen LogP) is 13.6. The molecule has 0 aliphatic heterocycles. The Morgan fingerprint density at radius 1 is 0.273 bits per heavy atom. The lowest BCUT2D eigenvalue weighted by atomic mass is 9.91. The molecule has 0 aliphatic rings. The van der Waals surface area contributed by atoms with Crippen LogP contribution >= 0.6 is 0 Å². The first kappa shape index (κ1) is 31.1. The van der Waals surface area contributed by atoms with Crippen LogP contribution in [0.15, 0.2) is 192 Å². The summed E-state index contributed by atoms with van der Waals surface area (Å²) in [5.41, 5.74) is 9.01. The van der Waals surface area contributed by atoms with E-state index >= 15 is 0 Å². The lowest BCUT2D eigenvalue weighted by molar-refractivity contribution is 0.669. The number of fused-ring (bicyclic) bond motifs is 9. The molecule has 0 N–H and O–H groups in total. The van der Waals surface area contributed by atoms with Gasteiger partial charge in [-0.05, 0) is 78.8 Å². The molecule has 11 rings (SSSR count). The standard InChI is InChI=1S/C51H31N3O/c1-3-12-34(13-4-1)49-52-50(35-14-5-2-6-15-35)54-51(53-49)37-27-29-44-47(31-37)55-46-21-11-20-38(48(44)46)33-24-22-32(23-25-33)36-26-28-43-41-18-8-7-16-39(41)40-17-9-10-19-42(40)45(43)30-36/h1-31H. The van der Waals surface area contributed by atoms with E-state index in [9.17, 15) is 0 Å². The average molecular weight is 702 g/mol. The molecular weight excluding hydrogens is 671 g/mol. The predicted molar refractivity (Wildman–Crippen MR) is 227 cm³/mol. The van der Waals surface area contributed by atoms with Crippen molar-refractivity contribution < 1.29 is 4.42 Å². The molecule has 0 saturated carbocycles. The number of furan rings is 1. The van der Waals surface area contributed by atoms with Crippen molar-refractivity contribution in [1.29, 1.82) is 0 Å². The van der Waals surface area contributed by atoms with Gasteiger partial charge in [0.25, 0.3) is 0 Å². The zero-order chi connectivity index (χ0) is 36.3. The van der Waals surface area contributed by atoms with Crippen molar-refractivity contribution >= 4 is 54.3 Å². The molecule has 0 bridgehead atoms. The minimum Gasteiger partial charge on any atom is -0.456 e. The van der Waals surface area contributed by atoms with Gasteiger partial charge >= 0.3 is 0 Å². The summed E-state index contributed by atoms with van der Waals surface area (Å²) in [6.07, 6.45) is 0. The molecule has 55 heavy (non-hydrogen) atoms. The first-order chi connectivity index (χ1) is 27.2. The van der Waals surface area contributed by atoms with E-state index in [-0.39, 0.29) is 0 Å². The Kier molecular flexibility index (Phi) is 7.14. The van der Waals surface area contributed by atoms with Crippen molar-refractivity contribution in [1.82, 2.24) is 15.0 Å². The minimum atomic E-state index is 0.598. The molecule has 4 heteroatoms. The smallest absolute Gasteiger partial charge is 0.164 e. The largest absolute Gasteiger partial charge is 0.456 e. The first-order valence-corrected chi connectivity index (χ1v) is 18.5. The van der Waals surface area contributed by atoms with Gasteiger partial charge in [0.15, 0.2) is 17.5 Å². The molecular formula is C51H31N3O. The number of aromatic nitrogens is 3. The van der Waals surface area contributed by atoms with Gasteiger partial charge in [0.2, 0.25) is 0 Å². The fraction of sp³-hybridized carbons (Fsp3) is 0. The van der Waals surface area contributed by atoms with Gasteiger partial charge in [-0.3, -0.25) is 0 Å². The monoisotopic (exact) mass is 701 g/mol. The highest BCUT2D eigenvalue weighted by atomic mass is 16.3. The summed E-state index contributed by atoms with van der Waals surface area (Å²) in [7, 11) is 0. The van der Waals surface area contributed by atoms with E-state index < -0.39 is 0 Å². The molecule has 0 fully saturated rings. The summed E-state index contributed by atoms with van der Waals surface area (Å²) >= 11 is 0. The van der Waals surface area contributed by atoms with E-state index in [0.717, 1.165) is 49.8 Å². The zero-order valence-corrected chi connectivity index (χ0v) is 29.6. The second kappa shape index (κ2) is 12.6. The molecule has 256 valence electrons. The molecule has 0 radical (unpaired) electrons. The van der Waals surface area contributed by atoms with Gasteiger partial charge in [-0.15, -0.1) is 0 Å². The van der Waals surface area contributed by atoms with Gasteiger partial charge in [0.1, 0.15) is 11.2 Å². The number of hydrogen-bond donors (Lipinski definition) is 0. The van der Waals surface area contributed by atoms with Crippen LogP contribution in [-0.4, -0.2) is 15.0 Å². The van der Waals surface area contributed by atoms with Crippen LogP contribution in [-0.2, 0) is 0 Å². The third-order valence-corrected chi connectivity index (χ3v) is 10.7. The molecule has 0 amide bonds. The second-order valence-electron chi connectivity index (χ2n) is 14.0. The fourth-order valence-electron chi connectivity index (χ4n) is 8.07. The van der Waals surface area contributed by atoms with Crippen molar-refractivity contribution in [2.75, 3.05) is 0 Å². The van der Waals surface area contributed by atoms with Crippen molar-refractivity contribution in [3.8, 4) is 56.4 Å². The van der Waals surface area contributed by atoms with Gasteiger partial charge < -0.3 is 4.42 Å². The number of nitrogens with zero attached hydrogens (tertiary/aromatic N) is 3. The van der Waals surface area contributed by atoms with E-state index in [1.165, 1.54) is 43.4 Å². The van der Waals surface area contributed by atoms with Crippen molar-refractivity contribution in [3.05, 3.63) is 188 Å². The first-order valence-electron chi connectivity index (χ1n) is 18.5. The topological polar surface area (TPSA) is 51.8 Å². The number of rotatable bonds is 5. The third-order valence-electron chi connectivity index (χ3n) is 10.7. The zero-order valence-electron chi connectivity index (χ0n) is 29.6. The Bertz CT molecular complexity index is 3150. The third kappa shape index (κ3) is 5.26. The average Bonchev–Trinajstić information content (AvgIpc) is 3.65. The van der Waals surface area contributed by atoms with Gasteiger partial charge in [0.05, 0.1) is 0 Å². The van der Waals surface area contributed by atoms with Gasteiger partial charge in [-0.1, -0.05) is 164 Å². The summed E-state index contributed by atoms with van der Waals surface area (Å²) in [5.74, 6) is 1.86. The number of benzene rings is 9. The van der Waals surface area contributed by atoms with Gasteiger partial charge in [0, 0.05) is 27.5 Å². The Labute approximate surface area is 317 Å². The maximum Gasteiger partial charge on any atom is 0.164 e. The highest BCUT2D eigenvalue weighted by molar-refractivity contribution is 6.25. The lowest BCUT2D eigenvalue weighted by Crippen LogP contribution is -2.00. The molecule has 4 nitrogen and oxygen atoms in total. The molecule has 0 unspecified atom stereocenters. The van der Waals surface area contributed by atoms with Gasteiger partial charge in [-0.2, -0.15) is 0 Å². The molecule has 2 heterocycles. The molecule has 9 aromatic carbocycles. The van der Waals surface area contributed by atoms with Crippen LogP contribution in [0.3, 0.4) is 0 Å². The van der Waals surface area contributed by atoms with E-state index in [2.05, 4.69) is 115 Å². The maximum atomic E-state index is 6.53. The summed E-state index contributed by atoms with van der Waals surface area (Å²) in [5, 5.41) is 9.83. The highest BCUT2D eigenvalue weighted by Crippen LogP contribution is 2.40. The molecule has 2 aromatic heterocycles. The quantitative estimate of drug-likeness (QED) is 0.168. The Balaban J connectivity index is 0.984. The molecule has 11 aromatic rings. The van der Waals surface area contributed by atoms with Crippen LogP contribution in [0.2, 0.25) is 0 Å². The normalized spacial score (nSPS) is 11.6. The highest BCUT2D eigenvalue weighted by Gasteiger charge is 2.17. The summed E-state index contributed by atoms with van der Waals surface area (Å²) in [6, 6.07) is 65.9.